The van der Waals surface area contributed by atoms with Gasteiger partial charge >= 0.3 is 0 Å². The molecule has 1 aliphatic carbocycles. The molecule has 1 aromatic carbocycles. The van der Waals surface area contributed by atoms with Crippen LogP contribution in [0.1, 0.15) is 30.4 Å². The molecule has 0 saturated heterocycles. The normalized spacial score (nSPS) is 27.0. The zero-order chi connectivity index (χ0) is 9.42. The summed E-state index contributed by atoms with van der Waals surface area (Å²) in [4.78, 5) is 0. The summed E-state index contributed by atoms with van der Waals surface area (Å²) in [5.41, 5.74) is 8.28. The van der Waals surface area contributed by atoms with Gasteiger partial charge < -0.3 is 5.73 Å². The molecule has 0 fully saturated rings. The summed E-state index contributed by atoms with van der Waals surface area (Å²) < 4.78 is 13.0. The Hall–Kier alpha value is -0.890. The number of aryl methyl sites for hydroxylation is 1. The van der Waals surface area contributed by atoms with Crippen molar-refractivity contribution < 1.29 is 4.39 Å². The Kier molecular flexibility index (Phi) is 2.08. The smallest absolute Gasteiger partial charge is 0.123 e. The first-order valence-corrected chi connectivity index (χ1v) is 4.72. The quantitative estimate of drug-likeness (QED) is 0.649. The highest BCUT2D eigenvalue weighted by Crippen LogP contribution is 2.30. The van der Waals surface area contributed by atoms with E-state index in [1.165, 1.54) is 11.6 Å². The fourth-order valence-corrected chi connectivity index (χ4v) is 2.02. The van der Waals surface area contributed by atoms with E-state index < -0.39 is 0 Å². The van der Waals surface area contributed by atoms with Crippen LogP contribution in [0.5, 0.6) is 0 Å². The van der Waals surface area contributed by atoms with Crippen molar-refractivity contribution in [2.24, 2.45) is 5.73 Å². The predicted molar refractivity (Wildman–Crippen MR) is 51.1 cm³/mol. The van der Waals surface area contributed by atoms with Crippen LogP contribution in [0.3, 0.4) is 0 Å². The minimum atomic E-state index is -0.153. The van der Waals surface area contributed by atoms with E-state index in [0.717, 1.165) is 18.4 Å². The summed E-state index contributed by atoms with van der Waals surface area (Å²) in [5.74, 6) is 0.138. The van der Waals surface area contributed by atoms with E-state index in [1.807, 2.05) is 6.07 Å². The number of benzene rings is 1. The van der Waals surface area contributed by atoms with Crippen molar-refractivity contribution in [1.82, 2.24) is 0 Å². The average Bonchev–Trinajstić information content (AvgIpc) is 2.12. The second kappa shape index (κ2) is 3.11. The van der Waals surface area contributed by atoms with Crippen molar-refractivity contribution in [3.8, 4) is 0 Å². The number of hydrogen-bond donors (Lipinski definition) is 1. The molecule has 0 radical (unpaired) electrons. The molecule has 0 heterocycles. The van der Waals surface area contributed by atoms with Crippen LogP contribution in [0, 0.1) is 5.82 Å². The Morgan fingerprint density at radius 3 is 3.00 bits per heavy atom. The molecule has 1 nitrogen and oxygen atoms in total. The molecule has 2 unspecified atom stereocenters. The molecule has 0 bridgehead atoms. The van der Waals surface area contributed by atoms with Crippen LogP contribution >= 0.6 is 0 Å². The second-order valence-electron chi connectivity index (χ2n) is 3.83. The van der Waals surface area contributed by atoms with E-state index in [2.05, 4.69) is 6.92 Å². The number of halogens is 1. The standard InChI is InChI=1S/C11H14FN/c1-7-10-6-9(12)4-2-8(10)3-5-11(7)13/h2,4,6-7,11H,3,5,13H2,1H3. The van der Waals surface area contributed by atoms with Crippen molar-refractivity contribution in [2.75, 3.05) is 0 Å². The highest BCUT2D eigenvalue weighted by molar-refractivity contribution is 5.34. The zero-order valence-corrected chi connectivity index (χ0v) is 7.76. The number of rotatable bonds is 0. The summed E-state index contributed by atoms with van der Waals surface area (Å²) in [7, 11) is 0. The molecule has 0 saturated carbocycles. The van der Waals surface area contributed by atoms with Crippen molar-refractivity contribution in [3.05, 3.63) is 35.1 Å². The first-order valence-electron chi connectivity index (χ1n) is 4.72. The summed E-state index contributed by atoms with van der Waals surface area (Å²) in [6, 6.07) is 5.23. The van der Waals surface area contributed by atoms with Crippen LogP contribution in [0.2, 0.25) is 0 Å². The van der Waals surface area contributed by atoms with Crippen molar-refractivity contribution in [2.45, 2.75) is 31.7 Å². The molecule has 0 aliphatic heterocycles. The molecule has 2 rings (SSSR count). The maximum Gasteiger partial charge on any atom is 0.123 e. The van der Waals surface area contributed by atoms with Gasteiger partial charge in [-0.3, -0.25) is 0 Å². The maximum atomic E-state index is 13.0. The Morgan fingerprint density at radius 2 is 2.23 bits per heavy atom. The van der Waals surface area contributed by atoms with Crippen LogP contribution in [-0.2, 0) is 6.42 Å². The van der Waals surface area contributed by atoms with Gasteiger partial charge in [0.1, 0.15) is 5.82 Å². The third kappa shape index (κ3) is 1.46. The lowest BCUT2D eigenvalue weighted by molar-refractivity contribution is 0.492. The van der Waals surface area contributed by atoms with Crippen LogP contribution < -0.4 is 5.73 Å². The molecule has 0 aromatic heterocycles. The van der Waals surface area contributed by atoms with Crippen LogP contribution in [0.25, 0.3) is 0 Å². The van der Waals surface area contributed by atoms with Gasteiger partial charge in [-0.05, 0) is 42.0 Å². The second-order valence-corrected chi connectivity index (χ2v) is 3.83. The molecular weight excluding hydrogens is 165 g/mol. The lowest BCUT2D eigenvalue weighted by Crippen LogP contribution is -2.31. The Labute approximate surface area is 77.8 Å². The third-order valence-corrected chi connectivity index (χ3v) is 2.99. The minimum Gasteiger partial charge on any atom is -0.327 e. The van der Waals surface area contributed by atoms with Gasteiger partial charge in [0, 0.05) is 6.04 Å². The van der Waals surface area contributed by atoms with E-state index in [4.69, 9.17) is 5.73 Å². The molecule has 0 spiro atoms. The van der Waals surface area contributed by atoms with Crippen molar-refractivity contribution in [3.63, 3.8) is 0 Å². The predicted octanol–water partition coefficient (Wildman–Crippen LogP) is 2.20. The summed E-state index contributed by atoms with van der Waals surface area (Å²) in [6.07, 6.45) is 2.00. The zero-order valence-electron chi connectivity index (χ0n) is 7.76. The van der Waals surface area contributed by atoms with Gasteiger partial charge in [0.15, 0.2) is 0 Å². The van der Waals surface area contributed by atoms with Gasteiger partial charge in [0.05, 0.1) is 0 Å². The summed E-state index contributed by atoms with van der Waals surface area (Å²) >= 11 is 0. The first kappa shape index (κ1) is 8.70. The van der Waals surface area contributed by atoms with Gasteiger partial charge in [-0.15, -0.1) is 0 Å². The molecule has 1 aliphatic rings. The number of nitrogens with two attached hydrogens (primary N) is 1. The molecule has 1 aromatic rings. The average molecular weight is 179 g/mol. The highest BCUT2D eigenvalue weighted by atomic mass is 19.1. The highest BCUT2D eigenvalue weighted by Gasteiger charge is 2.23. The van der Waals surface area contributed by atoms with Crippen LogP contribution in [0.4, 0.5) is 4.39 Å². The Balaban J connectivity index is 2.45. The summed E-state index contributed by atoms with van der Waals surface area (Å²) in [6.45, 7) is 2.07. The molecule has 0 amide bonds. The Morgan fingerprint density at radius 1 is 1.46 bits per heavy atom. The van der Waals surface area contributed by atoms with E-state index in [9.17, 15) is 4.39 Å². The third-order valence-electron chi connectivity index (χ3n) is 2.99. The first-order chi connectivity index (χ1) is 6.18. The van der Waals surface area contributed by atoms with E-state index in [-0.39, 0.29) is 11.9 Å². The molecular formula is C11H14FN. The van der Waals surface area contributed by atoms with E-state index in [0.29, 0.717) is 5.92 Å². The molecule has 13 heavy (non-hydrogen) atoms. The monoisotopic (exact) mass is 179 g/mol. The number of fused-ring (bicyclic) bond motifs is 1. The van der Waals surface area contributed by atoms with Crippen molar-refractivity contribution >= 4 is 0 Å². The molecule has 2 N–H and O–H groups in total. The van der Waals surface area contributed by atoms with Gasteiger partial charge in [0.25, 0.3) is 0 Å². The fourth-order valence-electron chi connectivity index (χ4n) is 2.02. The minimum absolute atomic E-state index is 0.153. The van der Waals surface area contributed by atoms with E-state index >= 15 is 0 Å². The topological polar surface area (TPSA) is 26.0 Å². The Bertz CT molecular complexity index is 322. The number of hydrogen-bond acceptors (Lipinski definition) is 1. The van der Waals surface area contributed by atoms with Gasteiger partial charge in [-0.2, -0.15) is 0 Å². The lowest BCUT2D eigenvalue weighted by Gasteiger charge is -2.28. The van der Waals surface area contributed by atoms with Crippen LogP contribution in [0.15, 0.2) is 18.2 Å². The van der Waals surface area contributed by atoms with Crippen LogP contribution in [-0.4, -0.2) is 6.04 Å². The van der Waals surface area contributed by atoms with Gasteiger partial charge in [-0.1, -0.05) is 13.0 Å². The van der Waals surface area contributed by atoms with Gasteiger partial charge in [0.2, 0.25) is 0 Å². The molecule has 2 heteroatoms. The molecule has 70 valence electrons. The van der Waals surface area contributed by atoms with E-state index in [1.54, 1.807) is 6.07 Å². The largest absolute Gasteiger partial charge is 0.327 e. The molecule has 2 atom stereocenters. The maximum absolute atomic E-state index is 13.0. The lowest BCUT2D eigenvalue weighted by atomic mass is 9.81. The summed E-state index contributed by atoms with van der Waals surface area (Å²) in [5, 5.41) is 0. The van der Waals surface area contributed by atoms with Gasteiger partial charge in [-0.25, -0.2) is 4.39 Å². The fraction of sp³-hybridized carbons (Fsp3) is 0.455. The van der Waals surface area contributed by atoms with Crippen molar-refractivity contribution in [1.29, 1.82) is 0 Å². The SMILES string of the molecule is CC1c2cc(F)ccc2CCC1N.